The molecule has 0 aliphatic heterocycles. The van der Waals surface area contributed by atoms with E-state index >= 15 is 0 Å². The van der Waals surface area contributed by atoms with Gasteiger partial charge in [-0.2, -0.15) is 0 Å². The molecule has 1 aromatic rings. The quantitative estimate of drug-likeness (QED) is 0.650. The molecule has 2 N–H and O–H groups in total. The second-order valence-corrected chi connectivity index (χ2v) is 4.45. The normalized spacial score (nSPS) is 12.0. The smallest absolute Gasteiger partial charge is 0.209 e. The van der Waals surface area contributed by atoms with Crippen LogP contribution in [0.2, 0.25) is 0 Å². The number of tetrazole rings is 1. The molecule has 0 spiro atoms. The average Bonchev–Trinajstić information content (AvgIpc) is 2.48. The van der Waals surface area contributed by atoms with Gasteiger partial charge in [0.05, 0.1) is 18.8 Å². The lowest BCUT2D eigenvalue weighted by atomic mass is 10.2. The van der Waals surface area contributed by atoms with Crippen molar-refractivity contribution < 1.29 is 10.2 Å². The Labute approximate surface area is 86.3 Å². The van der Waals surface area contributed by atoms with Gasteiger partial charge < -0.3 is 10.2 Å². The van der Waals surface area contributed by atoms with Crippen LogP contribution in [0.3, 0.4) is 0 Å². The van der Waals surface area contributed by atoms with Gasteiger partial charge in [0, 0.05) is 5.75 Å². The van der Waals surface area contributed by atoms with Crippen molar-refractivity contribution in [1.82, 2.24) is 20.2 Å². The molecule has 0 bridgehead atoms. The lowest BCUT2D eigenvalue weighted by molar-refractivity contribution is 0.107. The van der Waals surface area contributed by atoms with Gasteiger partial charge in [0.15, 0.2) is 0 Å². The highest BCUT2D eigenvalue weighted by Gasteiger charge is 2.15. The fourth-order valence-corrected chi connectivity index (χ4v) is 1.63. The SMILES string of the molecule is CC(C)(O)CSc1nnnn1CCO. The van der Waals surface area contributed by atoms with Crippen LogP contribution in [0.4, 0.5) is 0 Å². The van der Waals surface area contributed by atoms with Crippen molar-refractivity contribution in [2.24, 2.45) is 0 Å². The molecule has 0 aromatic carbocycles. The molecule has 0 saturated heterocycles. The summed E-state index contributed by atoms with van der Waals surface area (Å²) < 4.78 is 1.51. The minimum absolute atomic E-state index is 0.00111. The topological polar surface area (TPSA) is 84.1 Å². The monoisotopic (exact) mass is 218 g/mol. The van der Waals surface area contributed by atoms with Crippen molar-refractivity contribution in [3.8, 4) is 0 Å². The van der Waals surface area contributed by atoms with Crippen LogP contribution in [-0.4, -0.2) is 48.4 Å². The van der Waals surface area contributed by atoms with E-state index in [1.54, 1.807) is 13.8 Å². The molecule has 0 aliphatic rings. The molecule has 0 aliphatic carbocycles. The summed E-state index contributed by atoms with van der Waals surface area (Å²) in [6, 6.07) is 0. The molecule has 0 atom stereocenters. The zero-order valence-corrected chi connectivity index (χ0v) is 9.03. The molecule has 0 amide bonds. The summed E-state index contributed by atoms with van der Waals surface area (Å²) >= 11 is 1.37. The molecule has 14 heavy (non-hydrogen) atoms. The van der Waals surface area contributed by atoms with E-state index in [4.69, 9.17) is 5.11 Å². The number of thioether (sulfide) groups is 1. The van der Waals surface area contributed by atoms with Crippen LogP contribution < -0.4 is 0 Å². The Balaban J connectivity index is 2.53. The molecular weight excluding hydrogens is 204 g/mol. The second-order valence-electron chi connectivity index (χ2n) is 3.51. The van der Waals surface area contributed by atoms with Gasteiger partial charge in [0.25, 0.3) is 0 Å². The van der Waals surface area contributed by atoms with Gasteiger partial charge in [0.1, 0.15) is 0 Å². The number of aliphatic hydroxyl groups is 2. The summed E-state index contributed by atoms with van der Waals surface area (Å²) in [6.45, 7) is 3.82. The highest BCUT2D eigenvalue weighted by molar-refractivity contribution is 7.99. The van der Waals surface area contributed by atoms with Crippen LogP contribution in [0, 0.1) is 0 Å². The Hall–Kier alpha value is -0.660. The van der Waals surface area contributed by atoms with E-state index in [9.17, 15) is 5.11 Å². The lowest BCUT2D eigenvalue weighted by Gasteiger charge is -2.15. The van der Waals surface area contributed by atoms with Gasteiger partial charge in [-0.25, -0.2) is 4.68 Å². The molecule has 0 unspecified atom stereocenters. The maximum atomic E-state index is 9.49. The summed E-state index contributed by atoms with van der Waals surface area (Å²) in [5.41, 5.74) is -0.749. The van der Waals surface area contributed by atoms with E-state index in [1.807, 2.05) is 0 Å². The lowest BCUT2D eigenvalue weighted by Crippen LogP contribution is -2.22. The zero-order valence-electron chi connectivity index (χ0n) is 8.21. The third kappa shape index (κ3) is 3.60. The van der Waals surface area contributed by atoms with E-state index in [0.29, 0.717) is 17.5 Å². The standard InChI is InChI=1S/C7H14N4O2S/c1-7(2,13)5-14-6-8-9-10-11(6)3-4-12/h12-13H,3-5H2,1-2H3. The third-order valence-corrected chi connectivity index (χ3v) is 2.77. The summed E-state index contributed by atoms with van der Waals surface area (Å²) in [5.74, 6) is 0.513. The van der Waals surface area contributed by atoms with E-state index < -0.39 is 5.60 Å². The van der Waals surface area contributed by atoms with Crippen molar-refractivity contribution >= 4 is 11.8 Å². The van der Waals surface area contributed by atoms with Gasteiger partial charge in [0.2, 0.25) is 5.16 Å². The van der Waals surface area contributed by atoms with E-state index in [1.165, 1.54) is 16.4 Å². The summed E-state index contributed by atoms with van der Waals surface area (Å²) in [5, 5.41) is 29.8. The molecule has 7 heteroatoms. The van der Waals surface area contributed by atoms with Crippen molar-refractivity contribution in [3.05, 3.63) is 0 Å². The maximum absolute atomic E-state index is 9.49. The van der Waals surface area contributed by atoms with Crippen LogP contribution >= 0.6 is 11.8 Å². The van der Waals surface area contributed by atoms with Crippen LogP contribution in [0.1, 0.15) is 13.8 Å². The maximum Gasteiger partial charge on any atom is 0.209 e. The van der Waals surface area contributed by atoms with Crippen molar-refractivity contribution in [2.75, 3.05) is 12.4 Å². The van der Waals surface area contributed by atoms with Crippen molar-refractivity contribution in [1.29, 1.82) is 0 Å². The summed E-state index contributed by atoms with van der Waals surface area (Å²) in [4.78, 5) is 0. The largest absolute Gasteiger partial charge is 0.394 e. The zero-order chi connectivity index (χ0) is 10.6. The van der Waals surface area contributed by atoms with Crippen LogP contribution in [0.5, 0.6) is 0 Å². The van der Waals surface area contributed by atoms with E-state index in [2.05, 4.69) is 15.5 Å². The number of aromatic nitrogens is 4. The second kappa shape index (κ2) is 4.72. The Kier molecular flexibility index (Phi) is 3.85. The molecule has 1 aromatic heterocycles. The third-order valence-electron chi connectivity index (χ3n) is 1.37. The first-order chi connectivity index (χ1) is 6.53. The van der Waals surface area contributed by atoms with Gasteiger partial charge in [-0.15, -0.1) is 5.10 Å². The van der Waals surface area contributed by atoms with Gasteiger partial charge in [-0.05, 0) is 24.3 Å². The van der Waals surface area contributed by atoms with Crippen molar-refractivity contribution in [2.45, 2.75) is 31.1 Å². The number of rotatable bonds is 5. The number of aliphatic hydroxyl groups excluding tert-OH is 1. The number of nitrogens with zero attached hydrogens (tertiary/aromatic N) is 4. The van der Waals surface area contributed by atoms with E-state index in [-0.39, 0.29) is 6.61 Å². The summed E-state index contributed by atoms with van der Waals surface area (Å²) in [6.07, 6.45) is 0. The fourth-order valence-electron chi connectivity index (χ4n) is 0.776. The van der Waals surface area contributed by atoms with Gasteiger partial charge >= 0.3 is 0 Å². The van der Waals surface area contributed by atoms with E-state index in [0.717, 1.165) is 0 Å². The highest BCUT2D eigenvalue weighted by atomic mass is 32.2. The molecule has 1 heterocycles. The van der Waals surface area contributed by atoms with Crippen LogP contribution in [-0.2, 0) is 6.54 Å². The Morgan fingerprint density at radius 2 is 2.21 bits per heavy atom. The van der Waals surface area contributed by atoms with Gasteiger partial charge in [-0.1, -0.05) is 11.8 Å². The van der Waals surface area contributed by atoms with Crippen molar-refractivity contribution in [3.63, 3.8) is 0 Å². The Bertz CT molecular complexity index is 283. The number of hydrogen-bond donors (Lipinski definition) is 2. The predicted octanol–water partition coefficient (Wildman–Crippen LogP) is -0.472. The highest BCUT2D eigenvalue weighted by Crippen LogP contribution is 2.19. The molecule has 0 radical (unpaired) electrons. The van der Waals surface area contributed by atoms with Crippen LogP contribution in [0.25, 0.3) is 0 Å². The molecule has 6 nitrogen and oxygen atoms in total. The molecule has 0 fully saturated rings. The Morgan fingerprint density at radius 3 is 2.79 bits per heavy atom. The Morgan fingerprint density at radius 1 is 1.50 bits per heavy atom. The van der Waals surface area contributed by atoms with Gasteiger partial charge in [-0.3, -0.25) is 0 Å². The molecular formula is C7H14N4O2S. The van der Waals surface area contributed by atoms with Crippen LogP contribution in [0.15, 0.2) is 5.16 Å². The number of hydrogen-bond acceptors (Lipinski definition) is 6. The fraction of sp³-hybridized carbons (Fsp3) is 0.857. The first-order valence-electron chi connectivity index (χ1n) is 4.25. The summed E-state index contributed by atoms with van der Waals surface area (Å²) in [7, 11) is 0. The average molecular weight is 218 g/mol. The minimum Gasteiger partial charge on any atom is -0.394 e. The molecule has 0 saturated carbocycles. The minimum atomic E-state index is -0.749. The molecule has 80 valence electrons. The molecule has 1 rings (SSSR count). The first kappa shape index (κ1) is 11.4. The first-order valence-corrected chi connectivity index (χ1v) is 5.24. The predicted molar refractivity (Wildman–Crippen MR) is 51.9 cm³/mol.